The number of carbonyl (C=O) groups excluding carboxylic acids is 1. The average Bonchev–Trinajstić information content (AvgIpc) is 2.91. The van der Waals surface area contributed by atoms with Gasteiger partial charge in [0.05, 0.1) is 5.56 Å². The van der Waals surface area contributed by atoms with Crippen LogP contribution < -0.4 is 5.32 Å². The van der Waals surface area contributed by atoms with Gasteiger partial charge in [0.2, 0.25) is 0 Å². The molecule has 0 spiro atoms. The van der Waals surface area contributed by atoms with Gasteiger partial charge >= 0.3 is 0 Å². The summed E-state index contributed by atoms with van der Waals surface area (Å²) in [4.78, 5) is 15.8. The quantitative estimate of drug-likeness (QED) is 0.745. The van der Waals surface area contributed by atoms with Crippen LogP contribution in [0.25, 0.3) is 5.65 Å². The van der Waals surface area contributed by atoms with E-state index < -0.39 is 0 Å². The lowest BCUT2D eigenvalue weighted by Gasteiger charge is -2.04. The maximum Gasteiger partial charge on any atom is 0.252 e. The van der Waals surface area contributed by atoms with Crippen molar-refractivity contribution in [1.82, 2.24) is 24.9 Å². The van der Waals surface area contributed by atoms with E-state index in [9.17, 15) is 4.79 Å². The molecule has 3 aromatic heterocycles. The molecule has 0 aliphatic carbocycles. The summed E-state index contributed by atoms with van der Waals surface area (Å²) in [7, 11) is 0. The lowest BCUT2D eigenvalue weighted by molar-refractivity contribution is 0.0953. The van der Waals surface area contributed by atoms with Crippen molar-refractivity contribution >= 4 is 23.2 Å². The van der Waals surface area contributed by atoms with Gasteiger partial charge in [0.1, 0.15) is 11.0 Å². The van der Waals surface area contributed by atoms with Crippen molar-refractivity contribution in [3.8, 4) is 0 Å². The molecule has 0 saturated heterocycles. The van der Waals surface area contributed by atoms with Gasteiger partial charge in [-0.15, -0.1) is 10.2 Å². The summed E-state index contributed by atoms with van der Waals surface area (Å²) in [5.74, 6) is 0.619. The number of rotatable bonds is 4. The van der Waals surface area contributed by atoms with E-state index in [4.69, 9.17) is 11.6 Å². The highest BCUT2D eigenvalue weighted by Crippen LogP contribution is 2.05. The molecule has 0 atom stereocenters. The third-order valence-corrected chi connectivity index (χ3v) is 3.23. The van der Waals surface area contributed by atoms with Gasteiger partial charge in [-0.3, -0.25) is 9.20 Å². The van der Waals surface area contributed by atoms with E-state index in [1.165, 1.54) is 6.20 Å². The Bertz CT molecular complexity index is 768. The van der Waals surface area contributed by atoms with Gasteiger partial charge in [-0.2, -0.15) is 0 Å². The molecule has 0 aliphatic rings. The Morgan fingerprint density at radius 1 is 1.24 bits per heavy atom. The number of hydrogen-bond donors (Lipinski definition) is 1. The Morgan fingerprint density at radius 3 is 2.95 bits per heavy atom. The maximum absolute atomic E-state index is 11.9. The van der Waals surface area contributed by atoms with Gasteiger partial charge < -0.3 is 5.32 Å². The summed E-state index contributed by atoms with van der Waals surface area (Å²) in [6.07, 6.45) is 3.94. The second-order valence-corrected chi connectivity index (χ2v) is 4.81. The standard InChI is InChI=1S/C14H12ClN5O/c15-11-5-4-10(9-17-11)14(21)16-7-6-13-19-18-12-3-1-2-8-20(12)13/h1-5,8-9H,6-7H2,(H,16,21). The van der Waals surface area contributed by atoms with Crippen molar-refractivity contribution in [3.63, 3.8) is 0 Å². The zero-order chi connectivity index (χ0) is 14.7. The van der Waals surface area contributed by atoms with Gasteiger partial charge in [0, 0.05) is 25.4 Å². The molecule has 0 aromatic carbocycles. The normalized spacial score (nSPS) is 10.7. The van der Waals surface area contributed by atoms with E-state index in [0.717, 1.165) is 11.5 Å². The van der Waals surface area contributed by atoms with Crippen LogP contribution in [-0.2, 0) is 6.42 Å². The third-order valence-electron chi connectivity index (χ3n) is 3.01. The molecule has 6 nitrogen and oxygen atoms in total. The number of nitrogens with one attached hydrogen (secondary N) is 1. The Hall–Kier alpha value is -2.47. The number of halogens is 1. The highest BCUT2D eigenvalue weighted by Gasteiger charge is 2.07. The first kappa shape index (κ1) is 13.5. The van der Waals surface area contributed by atoms with Gasteiger partial charge in [-0.1, -0.05) is 17.7 Å². The van der Waals surface area contributed by atoms with Crippen molar-refractivity contribution in [1.29, 1.82) is 0 Å². The average molecular weight is 302 g/mol. The van der Waals surface area contributed by atoms with Crippen LogP contribution in [0.15, 0.2) is 42.7 Å². The smallest absolute Gasteiger partial charge is 0.252 e. The minimum Gasteiger partial charge on any atom is -0.352 e. The zero-order valence-electron chi connectivity index (χ0n) is 11.0. The molecule has 3 heterocycles. The number of fused-ring (bicyclic) bond motifs is 1. The zero-order valence-corrected chi connectivity index (χ0v) is 11.8. The van der Waals surface area contributed by atoms with E-state index in [1.807, 2.05) is 28.8 Å². The molecule has 0 fully saturated rings. The van der Waals surface area contributed by atoms with E-state index in [-0.39, 0.29) is 5.91 Å². The Labute approximate surface area is 125 Å². The van der Waals surface area contributed by atoms with Crippen LogP contribution in [0.4, 0.5) is 0 Å². The van der Waals surface area contributed by atoms with Gasteiger partial charge in [0.15, 0.2) is 5.65 Å². The van der Waals surface area contributed by atoms with Crippen LogP contribution in [0.2, 0.25) is 5.15 Å². The van der Waals surface area contributed by atoms with Crippen LogP contribution >= 0.6 is 11.6 Å². The minimum atomic E-state index is -0.187. The SMILES string of the molecule is O=C(NCCc1nnc2ccccn12)c1ccc(Cl)nc1. The minimum absolute atomic E-state index is 0.187. The molecular weight excluding hydrogens is 290 g/mol. The van der Waals surface area contributed by atoms with Crippen LogP contribution in [0, 0.1) is 0 Å². The molecule has 7 heteroatoms. The fourth-order valence-electron chi connectivity index (χ4n) is 1.96. The number of pyridine rings is 2. The largest absolute Gasteiger partial charge is 0.352 e. The molecule has 3 rings (SSSR count). The summed E-state index contributed by atoms with van der Waals surface area (Å²) in [6.45, 7) is 0.469. The molecule has 3 aromatic rings. The highest BCUT2D eigenvalue weighted by molar-refractivity contribution is 6.29. The molecule has 1 amide bonds. The van der Waals surface area contributed by atoms with Crippen molar-refractivity contribution < 1.29 is 4.79 Å². The molecule has 21 heavy (non-hydrogen) atoms. The highest BCUT2D eigenvalue weighted by atomic mass is 35.5. The first-order valence-electron chi connectivity index (χ1n) is 6.42. The Kier molecular flexibility index (Phi) is 3.79. The molecule has 1 N–H and O–H groups in total. The molecule has 106 valence electrons. The number of hydrogen-bond acceptors (Lipinski definition) is 4. The van der Waals surface area contributed by atoms with Crippen LogP contribution in [-0.4, -0.2) is 32.0 Å². The number of nitrogens with zero attached hydrogens (tertiary/aromatic N) is 4. The fourth-order valence-corrected chi connectivity index (χ4v) is 2.07. The van der Waals surface area contributed by atoms with E-state index in [0.29, 0.717) is 23.7 Å². The predicted molar refractivity (Wildman–Crippen MR) is 78.3 cm³/mol. The monoisotopic (exact) mass is 301 g/mol. The lowest BCUT2D eigenvalue weighted by Crippen LogP contribution is -2.26. The van der Waals surface area contributed by atoms with Crippen molar-refractivity contribution in [2.75, 3.05) is 6.54 Å². The summed E-state index contributed by atoms with van der Waals surface area (Å²) in [5, 5.41) is 11.3. The number of amides is 1. The molecule has 0 radical (unpaired) electrons. The van der Waals surface area contributed by atoms with Crippen molar-refractivity contribution in [2.24, 2.45) is 0 Å². The first-order chi connectivity index (χ1) is 10.2. The molecule has 0 aliphatic heterocycles. The van der Waals surface area contributed by atoms with Crippen LogP contribution in [0.3, 0.4) is 0 Å². The molecular formula is C14H12ClN5O. The first-order valence-corrected chi connectivity index (χ1v) is 6.80. The van der Waals surface area contributed by atoms with Gasteiger partial charge in [-0.05, 0) is 24.3 Å². The predicted octanol–water partition coefficient (Wildman–Crippen LogP) is 1.75. The summed E-state index contributed by atoms with van der Waals surface area (Å²) in [5.41, 5.74) is 1.27. The van der Waals surface area contributed by atoms with Crippen molar-refractivity contribution in [3.05, 3.63) is 59.3 Å². The second-order valence-electron chi connectivity index (χ2n) is 4.42. The van der Waals surface area contributed by atoms with E-state index in [1.54, 1.807) is 12.1 Å². The van der Waals surface area contributed by atoms with E-state index >= 15 is 0 Å². The summed E-state index contributed by atoms with van der Waals surface area (Å²) < 4.78 is 1.90. The Morgan fingerprint density at radius 2 is 2.14 bits per heavy atom. The molecule has 0 saturated carbocycles. The summed E-state index contributed by atoms with van der Waals surface area (Å²) in [6, 6.07) is 8.93. The van der Waals surface area contributed by atoms with Crippen molar-refractivity contribution in [2.45, 2.75) is 6.42 Å². The van der Waals surface area contributed by atoms with Crippen LogP contribution in [0.5, 0.6) is 0 Å². The Balaban J connectivity index is 1.61. The molecule has 0 bridgehead atoms. The number of carbonyl (C=O) groups is 1. The molecule has 0 unspecified atom stereocenters. The topological polar surface area (TPSA) is 72.2 Å². The van der Waals surface area contributed by atoms with E-state index in [2.05, 4.69) is 20.5 Å². The lowest BCUT2D eigenvalue weighted by atomic mass is 10.2. The second kappa shape index (κ2) is 5.88. The fraction of sp³-hybridized carbons (Fsp3) is 0.143. The van der Waals surface area contributed by atoms with Crippen LogP contribution in [0.1, 0.15) is 16.2 Å². The maximum atomic E-state index is 11.9. The van der Waals surface area contributed by atoms with Gasteiger partial charge in [0.25, 0.3) is 5.91 Å². The number of aromatic nitrogens is 4. The third kappa shape index (κ3) is 3.00. The summed E-state index contributed by atoms with van der Waals surface area (Å²) >= 11 is 5.68. The van der Waals surface area contributed by atoms with Gasteiger partial charge in [-0.25, -0.2) is 4.98 Å².